The summed E-state index contributed by atoms with van der Waals surface area (Å²) in [4.78, 5) is 44.2. The largest absolute Gasteiger partial charge is 0.489 e. The van der Waals surface area contributed by atoms with Gasteiger partial charge in [0.1, 0.15) is 12.4 Å². The van der Waals surface area contributed by atoms with E-state index in [-0.39, 0.29) is 24.3 Å². The molecule has 0 bridgehead atoms. The van der Waals surface area contributed by atoms with Crippen molar-refractivity contribution in [1.29, 1.82) is 0 Å². The lowest BCUT2D eigenvalue weighted by atomic mass is 9.74. The van der Waals surface area contributed by atoms with Gasteiger partial charge in [0.15, 0.2) is 5.13 Å². The Morgan fingerprint density at radius 2 is 1.94 bits per heavy atom. The van der Waals surface area contributed by atoms with Crippen LogP contribution < -0.4 is 20.7 Å². The highest BCUT2D eigenvalue weighted by molar-refractivity contribution is 7.13. The minimum atomic E-state index is -0.551. The average Bonchev–Trinajstić information content (AvgIpc) is 3.35. The molecular formula is C24H29N5O4S. The topological polar surface area (TPSA) is 113 Å². The molecule has 1 aromatic carbocycles. The number of benzene rings is 1. The molecule has 0 saturated carbocycles. The van der Waals surface area contributed by atoms with Crippen LogP contribution in [0.25, 0.3) is 0 Å². The van der Waals surface area contributed by atoms with Crippen molar-refractivity contribution in [3.05, 3.63) is 53.6 Å². The molecule has 1 saturated heterocycles. The number of anilines is 1. The summed E-state index contributed by atoms with van der Waals surface area (Å²) in [6, 6.07) is 7.12. The molecule has 3 N–H and O–H groups in total. The van der Waals surface area contributed by atoms with Crippen LogP contribution in [0.5, 0.6) is 5.75 Å². The fraction of sp³-hybridized carbons (Fsp3) is 0.417. The Bertz CT molecular complexity index is 1030. The number of nitrogens with one attached hydrogen (secondary N) is 3. The number of amides is 3. The molecule has 3 amide bonds. The summed E-state index contributed by atoms with van der Waals surface area (Å²) in [6.07, 6.45) is 7.41. The van der Waals surface area contributed by atoms with Gasteiger partial charge in [-0.3, -0.25) is 19.3 Å². The van der Waals surface area contributed by atoms with Crippen molar-refractivity contribution in [3.8, 4) is 5.75 Å². The molecule has 4 rings (SSSR count). The molecule has 10 heteroatoms. The molecule has 0 unspecified atom stereocenters. The number of piperidine rings is 1. The van der Waals surface area contributed by atoms with E-state index in [1.54, 1.807) is 24.4 Å². The highest BCUT2D eigenvalue weighted by Gasteiger charge is 2.40. The minimum absolute atomic E-state index is 0.0170. The van der Waals surface area contributed by atoms with Gasteiger partial charge in [0.25, 0.3) is 5.91 Å². The van der Waals surface area contributed by atoms with E-state index in [9.17, 15) is 14.4 Å². The second kappa shape index (κ2) is 11.3. The molecule has 0 aliphatic carbocycles. The molecule has 3 heterocycles. The van der Waals surface area contributed by atoms with E-state index >= 15 is 0 Å². The zero-order valence-electron chi connectivity index (χ0n) is 18.9. The number of hydrogen-bond acceptors (Lipinski definition) is 7. The fourth-order valence-corrected chi connectivity index (χ4v) is 4.78. The lowest BCUT2D eigenvalue weighted by Gasteiger charge is -2.40. The second-order valence-corrected chi connectivity index (χ2v) is 9.33. The number of aromatic nitrogens is 1. The zero-order valence-corrected chi connectivity index (χ0v) is 19.7. The summed E-state index contributed by atoms with van der Waals surface area (Å²) >= 11 is 1.38. The van der Waals surface area contributed by atoms with Crippen LogP contribution in [0.1, 0.15) is 29.6 Å². The van der Waals surface area contributed by atoms with E-state index in [2.05, 4.69) is 25.8 Å². The first-order chi connectivity index (χ1) is 16.6. The number of nitrogens with zero attached hydrogens (tertiary/aromatic N) is 2. The third-order valence-electron chi connectivity index (χ3n) is 6.18. The minimum Gasteiger partial charge on any atom is -0.489 e. The normalized spacial score (nSPS) is 20.2. The van der Waals surface area contributed by atoms with Crippen molar-refractivity contribution in [3.63, 3.8) is 0 Å². The molecule has 180 valence electrons. The maximum absolute atomic E-state index is 13.2. The van der Waals surface area contributed by atoms with Crippen LogP contribution in [0.3, 0.4) is 0 Å². The molecular weight excluding hydrogens is 454 g/mol. The van der Waals surface area contributed by atoms with Crippen molar-refractivity contribution < 1.29 is 19.1 Å². The van der Waals surface area contributed by atoms with E-state index in [0.717, 1.165) is 0 Å². The fourth-order valence-electron chi connectivity index (χ4n) is 4.24. The molecule has 0 atom stereocenters. The number of thiazole rings is 1. The lowest BCUT2D eigenvalue weighted by molar-refractivity contribution is -0.134. The summed E-state index contributed by atoms with van der Waals surface area (Å²) in [7, 11) is 0. The Morgan fingerprint density at radius 1 is 1.15 bits per heavy atom. The van der Waals surface area contributed by atoms with E-state index in [1.165, 1.54) is 11.3 Å². The van der Waals surface area contributed by atoms with Crippen LogP contribution in [0.15, 0.2) is 48.0 Å². The van der Waals surface area contributed by atoms with Crippen molar-refractivity contribution in [2.75, 3.05) is 44.6 Å². The molecule has 1 spiro atoms. The molecule has 2 aliphatic rings. The zero-order chi connectivity index (χ0) is 23.8. The molecule has 9 nitrogen and oxygen atoms in total. The van der Waals surface area contributed by atoms with Crippen LogP contribution >= 0.6 is 11.3 Å². The summed E-state index contributed by atoms with van der Waals surface area (Å²) in [5.41, 5.74) is -0.0767. The number of likely N-dealkylation sites (tertiary alicyclic amines) is 1. The van der Waals surface area contributed by atoms with Gasteiger partial charge in [-0.05, 0) is 44.5 Å². The van der Waals surface area contributed by atoms with Crippen molar-refractivity contribution in [2.45, 2.75) is 19.3 Å². The van der Waals surface area contributed by atoms with Crippen LogP contribution in [0, 0.1) is 5.41 Å². The Balaban J connectivity index is 1.38. The third kappa shape index (κ3) is 6.00. The number of hydrogen-bond donors (Lipinski definition) is 3. The van der Waals surface area contributed by atoms with Gasteiger partial charge in [0.05, 0.1) is 17.5 Å². The van der Waals surface area contributed by atoms with Crippen LogP contribution in [0.2, 0.25) is 0 Å². The van der Waals surface area contributed by atoms with Crippen molar-refractivity contribution in [2.24, 2.45) is 5.41 Å². The first-order valence-electron chi connectivity index (χ1n) is 11.4. The Morgan fingerprint density at radius 3 is 2.74 bits per heavy atom. The highest BCUT2D eigenvalue weighted by Crippen LogP contribution is 2.36. The molecule has 1 fully saturated rings. The van der Waals surface area contributed by atoms with Gasteiger partial charge in [0.2, 0.25) is 11.8 Å². The van der Waals surface area contributed by atoms with Crippen molar-refractivity contribution >= 4 is 34.2 Å². The van der Waals surface area contributed by atoms with Gasteiger partial charge in [-0.15, -0.1) is 11.3 Å². The Hall–Kier alpha value is -3.24. The third-order valence-corrected chi connectivity index (χ3v) is 6.87. The smallest absolute Gasteiger partial charge is 0.255 e. The van der Waals surface area contributed by atoms with Gasteiger partial charge in [-0.25, -0.2) is 4.98 Å². The lowest BCUT2D eigenvalue weighted by Crippen LogP contribution is -2.51. The van der Waals surface area contributed by atoms with Gasteiger partial charge in [-0.1, -0.05) is 24.3 Å². The number of ether oxygens (including phenoxy) is 1. The summed E-state index contributed by atoms with van der Waals surface area (Å²) in [5, 5.41) is 11.1. The van der Waals surface area contributed by atoms with Gasteiger partial charge in [0, 0.05) is 24.7 Å². The predicted octanol–water partition coefficient (Wildman–Crippen LogP) is 2.05. The standard InChI is InChI=1S/C24H29N5O4S/c30-20(28-23-27-12-16-34-23)17-29-13-8-24(9-14-29)7-3-4-15-33-19-6-2-1-5-18(19)21(31)25-10-11-26-22(24)32/h1-6,12,16H,7-11,13-15,17H2,(H,25,31)(H,26,32)(H,27,28,30)/b4-3+. The highest BCUT2D eigenvalue weighted by atomic mass is 32.1. The Kier molecular flexibility index (Phi) is 7.91. The molecule has 34 heavy (non-hydrogen) atoms. The maximum atomic E-state index is 13.2. The van der Waals surface area contributed by atoms with E-state index in [1.807, 2.05) is 23.6 Å². The number of carbonyl (C=O) groups excluding carboxylic acids is 3. The molecule has 1 aromatic heterocycles. The van der Waals surface area contributed by atoms with E-state index in [0.29, 0.717) is 68.5 Å². The number of para-hydroxylation sites is 1. The van der Waals surface area contributed by atoms with Gasteiger partial charge >= 0.3 is 0 Å². The van der Waals surface area contributed by atoms with Gasteiger partial charge < -0.3 is 20.7 Å². The first-order valence-corrected chi connectivity index (χ1v) is 12.3. The molecule has 2 aliphatic heterocycles. The summed E-state index contributed by atoms with van der Waals surface area (Å²) < 4.78 is 5.80. The SMILES string of the molecule is O=C(CN1CCC2(C/C=C/COc3ccccc3C(=O)NCCNC2=O)CC1)Nc1nccs1. The van der Waals surface area contributed by atoms with Crippen LogP contribution in [-0.4, -0.2) is 66.9 Å². The summed E-state index contributed by atoms with van der Waals surface area (Å²) in [6.45, 7) is 2.55. The second-order valence-electron chi connectivity index (χ2n) is 8.44. The number of allylic oxidation sites excluding steroid dienone is 1. The predicted molar refractivity (Wildman–Crippen MR) is 130 cm³/mol. The van der Waals surface area contributed by atoms with Crippen LogP contribution in [0.4, 0.5) is 5.13 Å². The monoisotopic (exact) mass is 483 g/mol. The number of carbonyl (C=O) groups is 3. The summed E-state index contributed by atoms with van der Waals surface area (Å²) in [5.74, 6) is 0.181. The number of rotatable bonds is 3. The average molecular weight is 484 g/mol. The van der Waals surface area contributed by atoms with E-state index < -0.39 is 5.41 Å². The molecule has 0 radical (unpaired) electrons. The van der Waals surface area contributed by atoms with E-state index in [4.69, 9.17) is 4.74 Å². The molecule has 2 aromatic rings. The Labute approximate surface area is 202 Å². The quantitative estimate of drug-likeness (QED) is 0.576. The maximum Gasteiger partial charge on any atom is 0.255 e. The first kappa shape index (κ1) is 23.9. The van der Waals surface area contributed by atoms with Gasteiger partial charge in [-0.2, -0.15) is 0 Å². The number of fused-ring (bicyclic) bond motifs is 1. The van der Waals surface area contributed by atoms with Crippen LogP contribution in [-0.2, 0) is 9.59 Å². The van der Waals surface area contributed by atoms with Crippen molar-refractivity contribution in [1.82, 2.24) is 20.5 Å².